The Morgan fingerprint density at radius 2 is 1.50 bits per heavy atom. The van der Waals surface area contributed by atoms with Crippen molar-refractivity contribution in [1.29, 1.82) is 0 Å². The molecule has 0 spiro atoms. The second-order valence-electron chi connectivity index (χ2n) is 10.0. The zero-order chi connectivity index (χ0) is 30.2. The van der Waals surface area contributed by atoms with Gasteiger partial charge >= 0.3 is 0 Å². The Bertz CT molecular complexity index is 2030. The Morgan fingerprint density at radius 1 is 0.810 bits per heavy atom. The van der Waals surface area contributed by atoms with E-state index in [9.17, 15) is 16.8 Å². The maximum Gasteiger partial charge on any atom is 0.238 e. The van der Waals surface area contributed by atoms with Gasteiger partial charge in [-0.05, 0) is 67.4 Å². The number of nitrogens with two attached hydrogens (primary N) is 2. The molecule has 5 rings (SSSR count). The first-order valence-corrected chi connectivity index (χ1v) is 16.4. The molecule has 0 radical (unpaired) electrons. The summed E-state index contributed by atoms with van der Waals surface area (Å²) in [5, 5.41) is 6.33. The van der Waals surface area contributed by atoms with E-state index >= 15 is 0 Å². The number of rotatable bonds is 8. The lowest BCUT2D eigenvalue weighted by molar-refractivity contribution is 0.234. The largest absolute Gasteiger partial charge is 0.475 e. The number of sulfonamides is 1. The Kier molecular flexibility index (Phi) is 7.76. The highest BCUT2D eigenvalue weighted by Crippen LogP contribution is 2.37. The molecule has 0 saturated heterocycles. The van der Waals surface area contributed by atoms with Crippen LogP contribution in [0.2, 0.25) is 0 Å². The summed E-state index contributed by atoms with van der Waals surface area (Å²) in [6.07, 6.45) is 1.47. The molecule has 11 heteroatoms. The number of primary sulfonamides is 1. The normalized spacial score (nSPS) is 12.1. The van der Waals surface area contributed by atoms with Crippen LogP contribution in [0.1, 0.15) is 20.8 Å². The van der Waals surface area contributed by atoms with E-state index in [0.717, 1.165) is 22.1 Å². The number of pyridine rings is 2. The number of anilines is 1. The number of hydrogen-bond acceptors (Lipinski definition) is 8. The fourth-order valence-electron chi connectivity index (χ4n) is 4.67. The molecule has 2 aromatic heterocycles. The minimum absolute atomic E-state index is 0.0174. The summed E-state index contributed by atoms with van der Waals surface area (Å²) in [7, 11) is -7.34. The van der Waals surface area contributed by atoms with Crippen LogP contribution in [0.25, 0.3) is 44.3 Å². The Labute approximate surface area is 245 Å². The molecule has 4 N–H and O–H groups in total. The maximum atomic E-state index is 12.4. The summed E-state index contributed by atoms with van der Waals surface area (Å²) in [6, 6.07) is 22.5. The van der Waals surface area contributed by atoms with Crippen LogP contribution in [-0.4, -0.2) is 38.7 Å². The van der Waals surface area contributed by atoms with Gasteiger partial charge in [-0.15, -0.1) is 0 Å². The third kappa shape index (κ3) is 5.85. The smallest absolute Gasteiger partial charge is 0.238 e. The third-order valence-corrected chi connectivity index (χ3v) is 9.48. The lowest BCUT2D eigenvalue weighted by Gasteiger charge is -2.16. The predicted octanol–water partition coefficient (Wildman–Crippen LogP) is 5.44. The van der Waals surface area contributed by atoms with Gasteiger partial charge in [0.25, 0.3) is 0 Å². The minimum Gasteiger partial charge on any atom is -0.475 e. The Balaban J connectivity index is 1.62. The fourth-order valence-corrected chi connectivity index (χ4v) is 6.30. The van der Waals surface area contributed by atoms with Crippen molar-refractivity contribution in [3.63, 3.8) is 0 Å². The topological polar surface area (TPSA) is 155 Å². The molecule has 0 atom stereocenters. The van der Waals surface area contributed by atoms with Crippen molar-refractivity contribution >= 4 is 36.6 Å². The highest BCUT2D eigenvalue weighted by molar-refractivity contribution is 7.91. The first-order valence-electron chi connectivity index (χ1n) is 13.2. The molecule has 0 aliphatic carbocycles. The van der Waals surface area contributed by atoms with E-state index in [2.05, 4.69) is 9.97 Å². The van der Waals surface area contributed by atoms with Crippen molar-refractivity contribution in [3.05, 3.63) is 85.1 Å². The predicted molar refractivity (Wildman–Crippen MR) is 165 cm³/mol. The highest BCUT2D eigenvalue weighted by Gasteiger charge is 2.20. The zero-order valence-corrected chi connectivity index (χ0v) is 24.9. The molecule has 2 heterocycles. The van der Waals surface area contributed by atoms with Crippen LogP contribution < -0.4 is 15.6 Å². The van der Waals surface area contributed by atoms with Crippen LogP contribution in [0.5, 0.6) is 5.88 Å². The summed E-state index contributed by atoms with van der Waals surface area (Å²) in [5.74, 6) is 0.625. The van der Waals surface area contributed by atoms with Crippen molar-refractivity contribution in [1.82, 2.24) is 9.97 Å². The summed E-state index contributed by atoms with van der Waals surface area (Å²) < 4.78 is 55.2. The molecule has 3 aromatic carbocycles. The number of benzene rings is 3. The van der Waals surface area contributed by atoms with Crippen molar-refractivity contribution in [2.45, 2.75) is 36.7 Å². The quantitative estimate of drug-likeness (QED) is 0.238. The molecule has 0 fully saturated rings. The van der Waals surface area contributed by atoms with Crippen molar-refractivity contribution < 1.29 is 21.6 Å². The number of hydrogen-bond donors (Lipinski definition) is 2. The second-order valence-corrected chi connectivity index (χ2v) is 13.8. The molecule has 0 aliphatic heterocycles. The van der Waals surface area contributed by atoms with Gasteiger partial charge in [0.2, 0.25) is 15.9 Å². The molecule has 0 saturated carbocycles. The minimum atomic E-state index is -4.02. The molecule has 9 nitrogen and oxygen atoms in total. The summed E-state index contributed by atoms with van der Waals surface area (Å²) >= 11 is 0. The van der Waals surface area contributed by atoms with E-state index < -0.39 is 19.9 Å². The monoisotopic (exact) mass is 602 g/mol. The van der Waals surface area contributed by atoms with Gasteiger partial charge in [0.15, 0.2) is 9.84 Å². The first kappa shape index (κ1) is 29.2. The average molecular weight is 603 g/mol. The molecule has 0 unspecified atom stereocenters. The second kappa shape index (κ2) is 11.2. The van der Waals surface area contributed by atoms with Crippen LogP contribution >= 0.6 is 0 Å². The molecule has 216 valence electrons. The lowest BCUT2D eigenvalue weighted by Crippen LogP contribution is -2.14. The van der Waals surface area contributed by atoms with E-state index in [1.54, 1.807) is 55.6 Å². The number of sulfone groups is 1. The van der Waals surface area contributed by atoms with E-state index in [0.29, 0.717) is 28.0 Å². The molecular formula is C31H30N4O5S2. The number of fused-ring (bicyclic) bond motifs is 1. The van der Waals surface area contributed by atoms with E-state index in [1.165, 1.54) is 6.07 Å². The van der Waals surface area contributed by atoms with Gasteiger partial charge in [-0.1, -0.05) is 43.3 Å². The van der Waals surface area contributed by atoms with Gasteiger partial charge in [-0.3, -0.25) is 0 Å². The van der Waals surface area contributed by atoms with Crippen LogP contribution in [0.3, 0.4) is 0 Å². The molecular weight excluding hydrogens is 572 g/mol. The Hall–Kier alpha value is -4.32. The Morgan fingerprint density at radius 3 is 2.17 bits per heavy atom. The summed E-state index contributed by atoms with van der Waals surface area (Å²) in [6.45, 7) is 5.33. The van der Waals surface area contributed by atoms with Crippen molar-refractivity contribution in [3.8, 4) is 39.3 Å². The fraction of sp³-hybridized carbons (Fsp3) is 0.161. The van der Waals surface area contributed by atoms with Crippen LogP contribution in [0.4, 0.5) is 5.82 Å². The molecule has 0 amide bonds. The number of nitrogen functional groups attached to an aromatic ring is 1. The SMILES string of the molecule is CCS(=O)(=O)c1ccc(-c2cc3cc(-c4cnc(OC(C)C)c(-c5ccccc5S(N)(=O)=O)c4)ccc3nc2N)cc1. The standard InChI is InChI=1S/C31H30N4O5S2/c1-4-41(36,37)24-12-9-20(10-13-24)26-16-22-15-21(11-14-28(22)35-30(26)32)23-17-27(31(34-18-23)40-19(2)3)25-7-5-6-8-29(25)42(33,38)39/h5-19H,4H2,1-3H3,(H2,32,35)(H2,33,38,39). The molecule has 42 heavy (non-hydrogen) atoms. The van der Waals surface area contributed by atoms with Crippen LogP contribution in [0, 0.1) is 0 Å². The number of ether oxygens (including phenoxy) is 1. The van der Waals surface area contributed by atoms with Crippen molar-refractivity contribution in [2.24, 2.45) is 5.14 Å². The summed E-state index contributed by atoms with van der Waals surface area (Å²) in [5.41, 5.74) is 10.8. The van der Waals surface area contributed by atoms with Gasteiger partial charge in [0.05, 0.1) is 27.2 Å². The first-order chi connectivity index (χ1) is 19.9. The lowest BCUT2D eigenvalue weighted by atomic mass is 9.98. The van der Waals surface area contributed by atoms with Gasteiger partial charge in [-0.2, -0.15) is 0 Å². The van der Waals surface area contributed by atoms with E-state index in [4.69, 9.17) is 15.6 Å². The van der Waals surface area contributed by atoms with E-state index in [1.807, 2.05) is 44.2 Å². The van der Waals surface area contributed by atoms with Crippen LogP contribution in [0.15, 0.2) is 94.9 Å². The molecule has 0 aliphatic rings. The summed E-state index contributed by atoms with van der Waals surface area (Å²) in [4.78, 5) is 9.34. The van der Waals surface area contributed by atoms with Gasteiger partial charge < -0.3 is 10.5 Å². The highest BCUT2D eigenvalue weighted by atomic mass is 32.2. The average Bonchev–Trinajstić information content (AvgIpc) is 2.96. The molecule has 0 bridgehead atoms. The van der Waals surface area contributed by atoms with Crippen molar-refractivity contribution in [2.75, 3.05) is 11.5 Å². The third-order valence-electron chi connectivity index (χ3n) is 6.76. The van der Waals surface area contributed by atoms with Crippen LogP contribution in [-0.2, 0) is 19.9 Å². The zero-order valence-electron chi connectivity index (χ0n) is 23.3. The van der Waals surface area contributed by atoms with E-state index in [-0.39, 0.29) is 27.5 Å². The number of nitrogens with zero attached hydrogens (tertiary/aromatic N) is 2. The van der Waals surface area contributed by atoms with Gasteiger partial charge in [0, 0.05) is 33.8 Å². The maximum absolute atomic E-state index is 12.4. The molecule has 5 aromatic rings. The number of aromatic nitrogens is 2. The van der Waals surface area contributed by atoms with Gasteiger partial charge in [-0.25, -0.2) is 31.9 Å². The van der Waals surface area contributed by atoms with Gasteiger partial charge in [0.1, 0.15) is 5.82 Å².